The summed E-state index contributed by atoms with van der Waals surface area (Å²) in [6, 6.07) is 8.73. The number of nitrogens with one attached hydrogen (secondary N) is 1. The van der Waals surface area contributed by atoms with Crippen molar-refractivity contribution in [3.63, 3.8) is 0 Å². The average Bonchev–Trinajstić information content (AvgIpc) is 2.18. The Morgan fingerprint density at radius 1 is 1.31 bits per heavy atom. The van der Waals surface area contributed by atoms with E-state index in [0.717, 1.165) is 13.2 Å². The summed E-state index contributed by atoms with van der Waals surface area (Å²) in [5, 5.41) is 3.19. The molecule has 0 atom stereocenters. The lowest BCUT2D eigenvalue weighted by atomic mass is 10.0. The maximum absolute atomic E-state index is 3.19. The Kier molecular flexibility index (Phi) is 2.62. The van der Waals surface area contributed by atoms with E-state index >= 15 is 0 Å². The topological polar surface area (TPSA) is 15.3 Å². The van der Waals surface area contributed by atoms with Crippen LogP contribution in [0.25, 0.3) is 0 Å². The quantitative estimate of drug-likeness (QED) is 0.729. The Bertz CT molecular complexity index is 283. The van der Waals surface area contributed by atoms with Crippen molar-refractivity contribution in [1.29, 1.82) is 0 Å². The molecule has 2 nitrogen and oxygen atoms in total. The van der Waals surface area contributed by atoms with Crippen molar-refractivity contribution in [3.05, 3.63) is 35.4 Å². The van der Waals surface area contributed by atoms with Crippen molar-refractivity contribution in [2.24, 2.45) is 0 Å². The number of fused-ring (bicyclic) bond motifs is 1. The molecule has 13 heavy (non-hydrogen) atoms. The predicted octanol–water partition coefficient (Wildman–Crippen LogP) is 1.22. The van der Waals surface area contributed by atoms with Crippen molar-refractivity contribution in [1.82, 2.24) is 10.2 Å². The van der Waals surface area contributed by atoms with Gasteiger partial charge in [0.25, 0.3) is 0 Å². The number of nitrogens with zero attached hydrogens (tertiary/aromatic N) is 1. The Morgan fingerprint density at radius 2 is 2.08 bits per heavy atom. The maximum atomic E-state index is 3.19. The van der Waals surface area contributed by atoms with Gasteiger partial charge in [-0.1, -0.05) is 24.3 Å². The number of benzene rings is 1. The summed E-state index contributed by atoms with van der Waals surface area (Å²) in [7, 11) is 2.00. The second kappa shape index (κ2) is 3.90. The van der Waals surface area contributed by atoms with Crippen LogP contribution in [-0.4, -0.2) is 25.2 Å². The van der Waals surface area contributed by atoms with Gasteiger partial charge in [-0.2, -0.15) is 0 Å². The molecular weight excluding hydrogens is 160 g/mol. The van der Waals surface area contributed by atoms with Crippen molar-refractivity contribution in [3.8, 4) is 0 Å². The van der Waals surface area contributed by atoms with Crippen molar-refractivity contribution >= 4 is 0 Å². The maximum Gasteiger partial charge on any atom is 0.0481 e. The second-order valence-corrected chi connectivity index (χ2v) is 3.58. The molecule has 1 aromatic rings. The van der Waals surface area contributed by atoms with Crippen LogP contribution in [0.1, 0.15) is 11.1 Å². The van der Waals surface area contributed by atoms with Crippen LogP contribution >= 0.6 is 0 Å². The number of rotatable bonds is 2. The first kappa shape index (κ1) is 8.73. The van der Waals surface area contributed by atoms with E-state index < -0.39 is 0 Å². The minimum absolute atomic E-state index is 0.994. The van der Waals surface area contributed by atoms with Gasteiger partial charge in [0.2, 0.25) is 0 Å². The summed E-state index contributed by atoms with van der Waals surface area (Å²) in [4.78, 5) is 2.43. The Morgan fingerprint density at radius 3 is 2.85 bits per heavy atom. The Balaban J connectivity index is 2.11. The molecule has 0 aromatic heterocycles. The van der Waals surface area contributed by atoms with Gasteiger partial charge in [0, 0.05) is 19.8 Å². The summed E-state index contributed by atoms with van der Waals surface area (Å²) >= 11 is 0. The van der Waals surface area contributed by atoms with E-state index in [1.165, 1.54) is 24.1 Å². The molecule has 1 N–H and O–H groups in total. The minimum atomic E-state index is 0.994. The largest absolute Gasteiger partial charge is 0.307 e. The smallest absolute Gasteiger partial charge is 0.0481 e. The molecule has 0 radical (unpaired) electrons. The fourth-order valence-electron chi connectivity index (χ4n) is 1.91. The molecule has 0 saturated heterocycles. The molecule has 1 aliphatic rings. The molecule has 0 bridgehead atoms. The average molecular weight is 176 g/mol. The van der Waals surface area contributed by atoms with Gasteiger partial charge in [0.1, 0.15) is 0 Å². The van der Waals surface area contributed by atoms with Gasteiger partial charge in [-0.05, 0) is 24.6 Å². The van der Waals surface area contributed by atoms with Crippen LogP contribution in [0.4, 0.5) is 0 Å². The van der Waals surface area contributed by atoms with Gasteiger partial charge in [0.05, 0.1) is 0 Å². The van der Waals surface area contributed by atoms with Crippen LogP contribution in [0.3, 0.4) is 0 Å². The first-order valence-electron chi connectivity index (χ1n) is 4.84. The molecular formula is C11H16N2. The molecule has 0 amide bonds. The zero-order chi connectivity index (χ0) is 9.10. The lowest BCUT2D eigenvalue weighted by Crippen LogP contribution is -2.36. The number of hydrogen-bond acceptors (Lipinski definition) is 2. The van der Waals surface area contributed by atoms with Gasteiger partial charge in [0.15, 0.2) is 0 Å². The summed E-state index contributed by atoms with van der Waals surface area (Å²) in [6.45, 7) is 3.27. The molecule has 2 heteroatoms. The predicted molar refractivity (Wildman–Crippen MR) is 54.5 cm³/mol. The van der Waals surface area contributed by atoms with Gasteiger partial charge < -0.3 is 5.32 Å². The molecule has 0 unspecified atom stereocenters. The van der Waals surface area contributed by atoms with Gasteiger partial charge in [-0.3, -0.25) is 4.90 Å². The Hall–Kier alpha value is -0.860. The minimum Gasteiger partial charge on any atom is -0.307 e. The molecule has 1 heterocycles. The van der Waals surface area contributed by atoms with Gasteiger partial charge >= 0.3 is 0 Å². The van der Waals surface area contributed by atoms with E-state index in [1.54, 1.807) is 0 Å². The molecule has 0 fully saturated rings. The summed E-state index contributed by atoms with van der Waals surface area (Å²) in [5.41, 5.74) is 3.01. The molecule has 0 saturated carbocycles. The molecule has 70 valence electrons. The van der Waals surface area contributed by atoms with Crippen molar-refractivity contribution in [2.75, 3.05) is 20.3 Å². The van der Waals surface area contributed by atoms with E-state index in [0.29, 0.717) is 0 Å². The highest BCUT2D eigenvalue weighted by Gasteiger charge is 2.13. The second-order valence-electron chi connectivity index (χ2n) is 3.58. The van der Waals surface area contributed by atoms with Crippen LogP contribution in [0.15, 0.2) is 24.3 Å². The van der Waals surface area contributed by atoms with Crippen molar-refractivity contribution < 1.29 is 0 Å². The highest BCUT2D eigenvalue weighted by atomic mass is 15.2. The fourth-order valence-corrected chi connectivity index (χ4v) is 1.91. The zero-order valence-electron chi connectivity index (χ0n) is 8.09. The van der Waals surface area contributed by atoms with E-state index in [9.17, 15) is 0 Å². The molecule has 0 aliphatic carbocycles. The van der Waals surface area contributed by atoms with E-state index in [2.05, 4.69) is 34.5 Å². The van der Waals surface area contributed by atoms with E-state index in [1.807, 2.05) is 7.05 Å². The normalized spacial score (nSPS) is 17.0. The monoisotopic (exact) mass is 176 g/mol. The Labute approximate surface area is 79.6 Å². The van der Waals surface area contributed by atoms with Crippen LogP contribution in [0.5, 0.6) is 0 Å². The zero-order valence-corrected chi connectivity index (χ0v) is 8.09. The molecule has 2 rings (SSSR count). The van der Waals surface area contributed by atoms with Crippen LogP contribution in [0.2, 0.25) is 0 Å². The highest BCUT2D eigenvalue weighted by molar-refractivity contribution is 5.28. The van der Waals surface area contributed by atoms with Gasteiger partial charge in [-0.15, -0.1) is 0 Å². The van der Waals surface area contributed by atoms with E-state index in [-0.39, 0.29) is 0 Å². The van der Waals surface area contributed by atoms with Gasteiger partial charge in [-0.25, -0.2) is 0 Å². The lowest BCUT2D eigenvalue weighted by Gasteiger charge is -2.28. The fraction of sp³-hybridized carbons (Fsp3) is 0.455. The lowest BCUT2D eigenvalue weighted by molar-refractivity contribution is 0.241. The highest BCUT2D eigenvalue weighted by Crippen LogP contribution is 2.17. The summed E-state index contributed by atoms with van der Waals surface area (Å²) in [5.74, 6) is 0. The van der Waals surface area contributed by atoms with Crippen LogP contribution < -0.4 is 5.32 Å². The third-order valence-corrected chi connectivity index (χ3v) is 2.59. The first-order valence-corrected chi connectivity index (χ1v) is 4.84. The molecule has 1 aliphatic heterocycles. The summed E-state index contributed by atoms with van der Waals surface area (Å²) in [6.07, 6.45) is 1.19. The van der Waals surface area contributed by atoms with Crippen molar-refractivity contribution in [2.45, 2.75) is 13.0 Å². The standard InChI is InChI=1S/C11H16N2/c1-12-9-13-7-6-10-4-2-3-5-11(10)8-13/h2-5,12H,6-9H2,1H3. The van der Waals surface area contributed by atoms with Crippen LogP contribution in [-0.2, 0) is 13.0 Å². The summed E-state index contributed by atoms with van der Waals surface area (Å²) < 4.78 is 0. The third kappa shape index (κ3) is 1.90. The van der Waals surface area contributed by atoms with E-state index in [4.69, 9.17) is 0 Å². The van der Waals surface area contributed by atoms with Crippen LogP contribution in [0, 0.1) is 0 Å². The molecule has 0 spiro atoms. The number of hydrogen-bond donors (Lipinski definition) is 1. The first-order chi connectivity index (χ1) is 6.40. The third-order valence-electron chi connectivity index (χ3n) is 2.59. The SMILES string of the molecule is CNCN1CCc2ccccc2C1. The molecule has 1 aromatic carbocycles.